The number of fused-ring (bicyclic) bond motifs is 3. The Morgan fingerprint density at radius 3 is 1.57 bits per heavy atom. The smallest absolute Gasteiger partial charge is 0.0547 e. The first-order valence-electron chi connectivity index (χ1n) is 19.5. The van der Waals surface area contributed by atoms with Gasteiger partial charge in [-0.05, 0) is 111 Å². The molecular formula is C54H40N2. The highest BCUT2D eigenvalue weighted by molar-refractivity contribution is 6.10. The molecule has 0 radical (unpaired) electrons. The third-order valence-corrected chi connectivity index (χ3v) is 11.1. The predicted molar refractivity (Wildman–Crippen MR) is 238 cm³/mol. The predicted octanol–water partition coefficient (Wildman–Crippen LogP) is 14.5. The average Bonchev–Trinajstić information content (AvgIpc) is 3.61. The van der Waals surface area contributed by atoms with E-state index >= 15 is 0 Å². The topological polar surface area (TPSA) is 17.0 Å². The van der Waals surface area contributed by atoms with E-state index in [0.29, 0.717) is 0 Å². The van der Waals surface area contributed by atoms with Gasteiger partial charge in [-0.3, -0.25) is 0 Å². The molecule has 0 amide bonds. The van der Waals surface area contributed by atoms with Crippen molar-refractivity contribution in [1.29, 1.82) is 0 Å². The molecule has 10 rings (SSSR count). The maximum absolute atomic E-state index is 3.86. The molecule has 9 aromatic rings. The Labute approximate surface area is 328 Å². The molecule has 2 heteroatoms. The van der Waals surface area contributed by atoms with Crippen LogP contribution in [0.4, 0.5) is 5.69 Å². The molecule has 0 bridgehead atoms. The van der Waals surface area contributed by atoms with Crippen LogP contribution in [0, 0.1) is 0 Å². The van der Waals surface area contributed by atoms with Gasteiger partial charge in [-0.1, -0.05) is 164 Å². The average molecular weight is 717 g/mol. The second-order valence-electron chi connectivity index (χ2n) is 14.6. The van der Waals surface area contributed by atoms with Gasteiger partial charge in [0, 0.05) is 33.4 Å². The molecule has 0 saturated heterocycles. The van der Waals surface area contributed by atoms with Crippen molar-refractivity contribution in [2.45, 2.75) is 12.8 Å². The zero-order chi connectivity index (χ0) is 37.3. The number of nitrogens with zero attached hydrogens (tertiary/aromatic N) is 1. The van der Waals surface area contributed by atoms with Crippen molar-refractivity contribution in [1.82, 2.24) is 4.57 Å². The van der Waals surface area contributed by atoms with Crippen LogP contribution in [-0.2, 0) is 0 Å². The van der Waals surface area contributed by atoms with E-state index in [1.165, 1.54) is 83.2 Å². The number of allylic oxidation sites excluding steroid dienone is 4. The van der Waals surface area contributed by atoms with Crippen molar-refractivity contribution in [2.75, 3.05) is 5.32 Å². The van der Waals surface area contributed by atoms with Gasteiger partial charge in [0.15, 0.2) is 0 Å². The maximum Gasteiger partial charge on any atom is 0.0547 e. The van der Waals surface area contributed by atoms with Crippen LogP contribution in [0.2, 0.25) is 0 Å². The lowest BCUT2D eigenvalue weighted by atomic mass is 9.88. The van der Waals surface area contributed by atoms with Gasteiger partial charge in [0.05, 0.1) is 11.0 Å². The number of hydrogen-bond donors (Lipinski definition) is 1. The summed E-state index contributed by atoms with van der Waals surface area (Å²) in [5.41, 5.74) is 18.2. The Morgan fingerprint density at radius 2 is 0.911 bits per heavy atom. The first-order chi connectivity index (χ1) is 27.7. The van der Waals surface area contributed by atoms with Gasteiger partial charge in [0.1, 0.15) is 0 Å². The Balaban J connectivity index is 1.11. The minimum absolute atomic E-state index is 0.909. The summed E-state index contributed by atoms with van der Waals surface area (Å²) in [6.07, 6.45) is 4.26. The van der Waals surface area contributed by atoms with E-state index in [1.807, 2.05) is 0 Å². The van der Waals surface area contributed by atoms with E-state index in [2.05, 4.69) is 222 Å². The summed E-state index contributed by atoms with van der Waals surface area (Å²) in [5, 5.41) is 6.37. The molecule has 0 spiro atoms. The summed E-state index contributed by atoms with van der Waals surface area (Å²) in [5.74, 6) is 0. The molecule has 0 fully saturated rings. The molecule has 1 aliphatic carbocycles. The van der Waals surface area contributed by atoms with Gasteiger partial charge in [0.2, 0.25) is 0 Å². The first-order valence-corrected chi connectivity index (χ1v) is 19.5. The Bertz CT molecular complexity index is 2840. The van der Waals surface area contributed by atoms with Crippen LogP contribution in [0.3, 0.4) is 0 Å². The van der Waals surface area contributed by atoms with E-state index in [9.17, 15) is 0 Å². The van der Waals surface area contributed by atoms with E-state index in [1.54, 1.807) is 0 Å². The van der Waals surface area contributed by atoms with Crippen molar-refractivity contribution in [3.05, 3.63) is 229 Å². The number of rotatable bonds is 8. The van der Waals surface area contributed by atoms with Gasteiger partial charge >= 0.3 is 0 Å². The zero-order valence-electron chi connectivity index (χ0n) is 31.1. The second-order valence-corrected chi connectivity index (χ2v) is 14.6. The second kappa shape index (κ2) is 14.6. The fraction of sp³-hybridized carbons (Fsp3) is 0.0370. The number of nitrogens with one attached hydrogen (secondary N) is 1. The number of hydrogen-bond acceptors (Lipinski definition) is 1. The fourth-order valence-corrected chi connectivity index (χ4v) is 8.33. The van der Waals surface area contributed by atoms with Gasteiger partial charge in [-0.25, -0.2) is 0 Å². The summed E-state index contributed by atoms with van der Waals surface area (Å²) in [4.78, 5) is 0. The van der Waals surface area contributed by atoms with Crippen molar-refractivity contribution in [3.63, 3.8) is 0 Å². The highest BCUT2D eigenvalue weighted by Crippen LogP contribution is 2.40. The maximum atomic E-state index is 3.86. The summed E-state index contributed by atoms with van der Waals surface area (Å²) in [7, 11) is 0. The first kappa shape index (κ1) is 33.4. The van der Waals surface area contributed by atoms with Crippen LogP contribution in [-0.4, -0.2) is 4.57 Å². The Morgan fingerprint density at radius 1 is 0.357 bits per heavy atom. The van der Waals surface area contributed by atoms with Gasteiger partial charge in [0.25, 0.3) is 0 Å². The zero-order valence-corrected chi connectivity index (χ0v) is 31.1. The molecule has 1 heterocycles. The quantitative estimate of drug-likeness (QED) is 0.166. The lowest BCUT2D eigenvalue weighted by Gasteiger charge is -2.23. The molecular weight excluding hydrogens is 677 g/mol. The third-order valence-electron chi connectivity index (χ3n) is 11.1. The number of para-hydroxylation sites is 1. The largest absolute Gasteiger partial charge is 0.358 e. The third kappa shape index (κ3) is 6.42. The highest BCUT2D eigenvalue weighted by Gasteiger charge is 2.20. The molecule has 0 atom stereocenters. The SMILES string of the molecule is C1=C(c2ccc3c4ccccc4n(-c4cc(-c5ccccc5)cc(-c5ccccc5)c4)c3c2)CCC(Nc2cccc(-c3ccccc3)c2)=C1c1ccccc1. The van der Waals surface area contributed by atoms with E-state index < -0.39 is 0 Å². The minimum Gasteiger partial charge on any atom is -0.358 e. The number of anilines is 1. The fourth-order valence-electron chi connectivity index (χ4n) is 8.33. The summed E-state index contributed by atoms with van der Waals surface area (Å²) < 4.78 is 2.47. The van der Waals surface area contributed by atoms with Crippen LogP contribution in [0.25, 0.3) is 72.0 Å². The van der Waals surface area contributed by atoms with Gasteiger partial charge in [-0.2, -0.15) is 0 Å². The molecule has 0 saturated carbocycles. The molecule has 1 aliphatic rings. The van der Waals surface area contributed by atoms with Crippen molar-refractivity contribution in [2.24, 2.45) is 0 Å². The standard InChI is InChI=1S/C54H40N2/c1-5-16-38(17-6-1)42-24-15-25-47(33-42)55-52-31-29-43(36-51(52)41-22-11-4-12-23-41)44-28-30-50-49-26-13-14-27-53(49)56(54(50)37-44)48-34-45(39-18-7-2-8-19-39)32-46(35-48)40-20-9-3-10-21-40/h1-28,30,32-37,55H,29,31H2. The molecule has 1 N–H and O–H groups in total. The van der Waals surface area contributed by atoms with E-state index in [-0.39, 0.29) is 0 Å². The number of benzene rings is 8. The van der Waals surface area contributed by atoms with E-state index in [4.69, 9.17) is 0 Å². The Hall–Kier alpha value is -7.16. The molecule has 8 aromatic carbocycles. The van der Waals surface area contributed by atoms with Crippen LogP contribution >= 0.6 is 0 Å². The van der Waals surface area contributed by atoms with Crippen molar-refractivity contribution < 1.29 is 0 Å². The normalized spacial score (nSPS) is 12.9. The van der Waals surface area contributed by atoms with Crippen LogP contribution < -0.4 is 5.32 Å². The summed E-state index contributed by atoms with van der Waals surface area (Å²) >= 11 is 0. The molecule has 266 valence electrons. The molecule has 0 aliphatic heterocycles. The highest BCUT2D eigenvalue weighted by atomic mass is 15.0. The number of aromatic nitrogens is 1. The lowest BCUT2D eigenvalue weighted by molar-refractivity contribution is 0.987. The van der Waals surface area contributed by atoms with Crippen molar-refractivity contribution >= 4 is 38.6 Å². The lowest BCUT2D eigenvalue weighted by Crippen LogP contribution is -2.08. The Kier molecular flexibility index (Phi) is 8.70. The molecule has 56 heavy (non-hydrogen) atoms. The summed E-state index contributed by atoms with van der Waals surface area (Å²) in [6, 6.07) is 74.5. The van der Waals surface area contributed by atoms with Gasteiger partial charge < -0.3 is 9.88 Å². The van der Waals surface area contributed by atoms with Crippen LogP contribution in [0.1, 0.15) is 24.0 Å². The molecule has 2 nitrogen and oxygen atoms in total. The molecule has 0 unspecified atom stereocenters. The monoisotopic (exact) mass is 716 g/mol. The van der Waals surface area contributed by atoms with E-state index in [0.717, 1.165) is 24.2 Å². The van der Waals surface area contributed by atoms with Crippen molar-refractivity contribution in [3.8, 4) is 39.1 Å². The summed E-state index contributed by atoms with van der Waals surface area (Å²) in [6.45, 7) is 0. The molecule has 1 aromatic heterocycles. The van der Waals surface area contributed by atoms with Gasteiger partial charge in [-0.15, -0.1) is 0 Å². The minimum atomic E-state index is 0.909. The van der Waals surface area contributed by atoms with Crippen LogP contribution in [0.5, 0.6) is 0 Å². The van der Waals surface area contributed by atoms with Crippen LogP contribution in [0.15, 0.2) is 218 Å².